The lowest BCUT2D eigenvalue weighted by Gasteiger charge is -2.24. The van der Waals surface area contributed by atoms with Gasteiger partial charge in [-0.3, -0.25) is 21.1 Å². The fraction of sp³-hybridized carbons (Fsp3) is 0.379. The number of esters is 1. The number of rotatable bonds is 13. The van der Waals surface area contributed by atoms with Gasteiger partial charge in [-0.15, -0.1) is 11.3 Å². The van der Waals surface area contributed by atoms with Crippen LogP contribution in [0.1, 0.15) is 26.4 Å². The number of sulfonamides is 1. The van der Waals surface area contributed by atoms with Gasteiger partial charge in [0, 0.05) is 17.1 Å². The Labute approximate surface area is 251 Å². The van der Waals surface area contributed by atoms with Crippen LogP contribution < -0.4 is 26.8 Å². The van der Waals surface area contributed by atoms with Gasteiger partial charge in [0.05, 0.1) is 30.9 Å². The quantitative estimate of drug-likeness (QED) is 0.111. The number of likely N-dealkylation sites (N-methyl/N-ethyl adjacent to an activating group) is 1. The maximum Gasteiger partial charge on any atom is 0.326 e. The fourth-order valence-electron chi connectivity index (χ4n) is 4.38. The van der Waals surface area contributed by atoms with E-state index in [0.29, 0.717) is 27.0 Å². The first-order valence-electron chi connectivity index (χ1n) is 13.4. The predicted octanol–water partition coefficient (Wildman–Crippen LogP) is 2.28. The predicted molar refractivity (Wildman–Crippen MR) is 166 cm³/mol. The maximum absolute atomic E-state index is 13.4. The van der Waals surface area contributed by atoms with Crippen LogP contribution in [0.5, 0.6) is 0 Å². The Hall–Kier alpha value is -3.33. The Balaban J connectivity index is 1.78. The van der Waals surface area contributed by atoms with Gasteiger partial charge < -0.3 is 19.9 Å². The molecule has 0 aliphatic rings. The molecular weight excluding hydrogens is 576 g/mol. The molecule has 0 bridgehead atoms. The molecular formula is C29H41N6O5S2+. The van der Waals surface area contributed by atoms with Crippen molar-refractivity contribution in [2.24, 2.45) is 11.5 Å². The molecule has 0 fully saturated rings. The summed E-state index contributed by atoms with van der Waals surface area (Å²) in [7, 11) is 1.73. The molecule has 228 valence electrons. The van der Waals surface area contributed by atoms with E-state index in [-0.39, 0.29) is 18.0 Å². The summed E-state index contributed by atoms with van der Waals surface area (Å²) in [5, 5.41) is 5.63. The summed E-state index contributed by atoms with van der Waals surface area (Å²) in [6.45, 7) is 5.61. The average Bonchev–Trinajstić information content (AvgIpc) is 3.35. The molecule has 7 N–H and O–H groups in total. The number of benzene rings is 2. The zero-order valence-corrected chi connectivity index (χ0v) is 26.5. The van der Waals surface area contributed by atoms with Crippen LogP contribution in [0.15, 0.2) is 53.4 Å². The molecule has 1 unspecified atom stereocenters. The molecule has 0 saturated carbocycles. The third-order valence-corrected chi connectivity index (χ3v) is 9.15. The molecule has 2 aromatic carbocycles. The Morgan fingerprint density at radius 3 is 2.29 bits per heavy atom. The minimum absolute atomic E-state index is 0.0916. The van der Waals surface area contributed by atoms with Crippen LogP contribution in [0.2, 0.25) is 0 Å². The molecule has 1 aromatic heterocycles. The lowest BCUT2D eigenvalue weighted by Crippen LogP contribution is -2.50. The number of thiophene rings is 1. The topological polar surface area (TPSA) is 166 Å². The van der Waals surface area contributed by atoms with Crippen LogP contribution in [-0.4, -0.2) is 77.9 Å². The van der Waals surface area contributed by atoms with E-state index in [9.17, 15) is 18.0 Å². The molecule has 13 heteroatoms. The van der Waals surface area contributed by atoms with Crippen molar-refractivity contribution in [2.75, 3.05) is 46.2 Å². The summed E-state index contributed by atoms with van der Waals surface area (Å²) in [6.07, 6.45) is -0.714. The number of quaternary nitrogens is 1. The number of amides is 1. The first-order chi connectivity index (χ1) is 19.6. The number of aryl methyl sites for hydroxylation is 3. The number of ether oxygens (including phenoxy) is 1. The molecule has 1 atom stereocenters. The van der Waals surface area contributed by atoms with Crippen LogP contribution >= 0.6 is 11.3 Å². The fourth-order valence-corrected chi connectivity index (χ4v) is 6.94. The van der Waals surface area contributed by atoms with Crippen molar-refractivity contribution >= 4 is 38.9 Å². The molecule has 0 saturated heterocycles. The van der Waals surface area contributed by atoms with Gasteiger partial charge >= 0.3 is 5.97 Å². The Bertz CT molecular complexity index is 1510. The Kier molecular flexibility index (Phi) is 10.9. The standard InChI is InChI=1S/C29H40N6O5S2/c1-18-14-19(2)26(20(3)15-18)42(38,39)34-23(28(37)40-13-12-35(4,5)6)17-32-27(36)25-11-10-24(41-25)21-8-7-9-22(16-21)33-29(30)31/h7-11,14-16,23,29,33-34H,12-13,17,30-31H2,1-6H3/p+1. The minimum atomic E-state index is -4.12. The molecule has 11 nitrogen and oxygen atoms in total. The van der Waals surface area contributed by atoms with Crippen LogP contribution in [0.4, 0.5) is 5.69 Å². The van der Waals surface area contributed by atoms with E-state index in [1.807, 2.05) is 58.4 Å². The SMILES string of the molecule is Cc1cc(C)c(S(=O)(=O)NC(CNC(=O)c2ccc(-c3cccc(NC(N)N)c3)s2)C(=O)OCC[N+](C)(C)C)c(C)c1. The molecule has 0 radical (unpaired) electrons. The van der Waals surface area contributed by atoms with E-state index in [0.717, 1.165) is 21.7 Å². The van der Waals surface area contributed by atoms with E-state index in [4.69, 9.17) is 16.2 Å². The highest BCUT2D eigenvalue weighted by Gasteiger charge is 2.30. The number of nitrogens with zero attached hydrogens (tertiary/aromatic N) is 1. The number of carbonyl (C=O) groups excluding carboxylic acids is 2. The minimum Gasteiger partial charge on any atom is -0.458 e. The van der Waals surface area contributed by atoms with Crippen LogP contribution in [0.25, 0.3) is 10.4 Å². The lowest BCUT2D eigenvalue weighted by molar-refractivity contribution is -0.870. The lowest BCUT2D eigenvalue weighted by atomic mass is 10.1. The molecule has 0 aliphatic carbocycles. The van der Waals surface area contributed by atoms with Gasteiger partial charge in [-0.25, -0.2) is 8.42 Å². The van der Waals surface area contributed by atoms with Gasteiger partial charge in [-0.05, 0) is 61.7 Å². The molecule has 1 heterocycles. The number of nitrogens with two attached hydrogens (primary N) is 2. The maximum atomic E-state index is 13.4. The van der Waals surface area contributed by atoms with Gasteiger partial charge in [0.15, 0.2) is 0 Å². The monoisotopic (exact) mass is 617 g/mol. The average molecular weight is 618 g/mol. The second kappa shape index (κ2) is 13.8. The van der Waals surface area contributed by atoms with E-state index < -0.39 is 34.2 Å². The smallest absolute Gasteiger partial charge is 0.326 e. The van der Waals surface area contributed by atoms with Gasteiger partial charge in [0.25, 0.3) is 5.91 Å². The number of hydrogen-bond acceptors (Lipinski definition) is 9. The summed E-state index contributed by atoms with van der Waals surface area (Å²) >= 11 is 1.25. The molecule has 3 aromatic rings. The van der Waals surface area contributed by atoms with Crippen molar-refractivity contribution in [1.82, 2.24) is 10.0 Å². The second-order valence-corrected chi connectivity index (χ2v) is 13.9. The molecule has 0 aliphatic heterocycles. The Morgan fingerprint density at radius 2 is 1.67 bits per heavy atom. The number of nitrogens with one attached hydrogen (secondary N) is 3. The van der Waals surface area contributed by atoms with Crippen LogP contribution in [0.3, 0.4) is 0 Å². The van der Waals surface area contributed by atoms with Crippen LogP contribution in [0, 0.1) is 20.8 Å². The van der Waals surface area contributed by atoms with Gasteiger partial charge in [-0.1, -0.05) is 29.8 Å². The van der Waals surface area contributed by atoms with E-state index in [1.165, 1.54) is 11.3 Å². The van der Waals surface area contributed by atoms with Crippen LogP contribution in [-0.2, 0) is 19.6 Å². The second-order valence-electron chi connectivity index (χ2n) is 11.2. The first-order valence-corrected chi connectivity index (χ1v) is 15.7. The summed E-state index contributed by atoms with van der Waals surface area (Å²) in [5.41, 5.74) is 14.9. The van der Waals surface area contributed by atoms with Gasteiger partial charge in [0.1, 0.15) is 25.5 Å². The van der Waals surface area contributed by atoms with E-state index >= 15 is 0 Å². The molecule has 1 amide bonds. The van der Waals surface area contributed by atoms with E-state index in [1.54, 1.807) is 32.0 Å². The summed E-state index contributed by atoms with van der Waals surface area (Å²) in [5.74, 6) is -1.22. The molecule has 42 heavy (non-hydrogen) atoms. The Morgan fingerprint density at radius 1 is 1.00 bits per heavy atom. The largest absolute Gasteiger partial charge is 0.458 e. The number of anilines is 1. The highest BCUT2D eigenvalue weighted by molar-refractivity contribution is 7.89. The molecule has 0 spiro atoms. The zero-order chi connectivity index (χ0) is 31.2. The summed E-state index contributed by atoms with van der Waals surface area (Å²) in [6, 6.07) is 13.1. The summed E-state index contributed by atoms with van der Waals surface area (Å²) < 4.78 is 35.4. The zero-order valence-electron chi connectivity index (χ0n) is 24.9. The van der Waals surface area contributed by atoms with Gasteiger partial charge in [0.2, 0.25) is 10.0 Å². The van der Waals surface area contributed by atoms with Crippen molar-refractivity contribution in [3.63, 3.8) is 0 Å². The normalized spacial score (nSPS) is 12.7. The summed E-state index contributed by atoms with van der Waals surface area (Å²) in [4.78, 5) is 27.5. The van der Waals surface area contributed by atoms with E-state index in [2.05, 4.69) is 15.4 Å². The van der Waals surface area contributed by atoms with Crippen molar-refractivity contribution in [2.45, 2.75) is 38.0 Å². The van der Waals surface area contributed by atoms with Crippen molar-refractivity contribution in [3.8, 4) is 10.4 Å². The third kappa shape index (κ3) is 9.34. The highest BCUT2D eigenvalue weighted by Crippen LogP contribution is 2.30. The van der Waals surface area contributed by atoms with Crippen molar-refractivity contribution in [3.05, 3.63) is 70.1 Å². The number of carbonyl (C=O) groups is 2. The highest BCUT2D eigenvalue weighted by atomic mass is 32.2. The van der Waals surface area contributed by atoms with Gasteiger partial charge in [-0.2, -0.15) is 4.72 Å². The van der Waals surface area contributed by atoms with Crippen molar-refractivity contribution < 1.29 is 27.2 Å². The first kappa shape index (κ1) is 33.2. The molecule has 3 rings (SSSR count). The number of hydrogen-bond donors (Lipinski definition) is 5. The third-order valence-electron chi connectivity index (χ3n) is 6.24. The van der Waals surface area contributed by atoms with Crippen molar-refractivity contribution in [1.29, 1.82) is 0 Å².